The fourth-order valence-corrected chi connectivity index (χ4v) is 2.78. The Kier molecular flexibility index (Phi) is 6.35. The van der Waals surface area contributed by atoms with Crippen molar-refractivity contribution in [3.05, 3.63) is 49.3 Å². The Hall–Kier alpha value is -1.21. The Morgan fingerprint density at radius 3 is 2.57 bits per heavy atom. The van der Waals surface area contributed by atoms with Crippen LogP contribution in [0.4, 0.5) is 0 Å². The molecule has 0 radical (unpaired) electrons. The Labute approximate surface area is 155 Å². The number of nitrogens with zero attached hydrogens (tertiary/aromatic N) is 1. The lowest BCUT2D eigenvalue weighted by atomic mass is 10.3. The molecule has 122 valence electrons. The lowest BCUT2D eigenvalue weighted by Gasteiger charge is -2.09. The number of hydrazone groups is 1. The largest absolute Gasteiger partial charge is 0.481 e. The van der Waals surface area contributed by atoms with Crippen molar-refractivity contribution in [2.75, 3.05) is 6.61 Å². The third-order valence-corrected chi connectivity index (χ3v) is 4.13. The summed E-state index contributed by atoms with van der Waals surface area (Å²) in [6.45, 7) is 1.49. The van der Waals surface area contributed by atoms with E-state index in [1.54, 1.807) is 13.0 Å². The molecule has 0 unspecified atom stereocenters. The first kappa shape index (κ1) is 18.1. The Bertz CT molecular complexity index is 719. The van der Waals surface area contributed by atoms with E-state index in [0.717, 1.165) is 4.47 Å². The van der Waals surface area contributed by atoms with Crippen LogP contribution in [0.5, 0.6) is 5.75 Å². The van der Waals surface area contributed by atoms with E-state index in [0.29, 0.717) is 16.5 Å². The van der Waals surface area contributed by atoms with E-state index in [4.69, 9.17) is 44.0 Å². The van der Waals surface area contributed by atoms with Crippen LogP contribution < -0.4 is 10.2 Å². The smallest absolute Gasteiger partial charge is 0.277 e. The number of carbonyl (C=O) groups excluding carboxylic acids is 1. The SMILES string of the molecule is Cc1oc(C=NNC(=O)COc2c(Cl)cc(Cl)cc2Cl)cc1Br. The molecule has 1 heterocycles. The lowest BCUT2D eigenvalue weighted by Crippen LogP contribution is -2.24. The van der Waals surface area contributed by atoms with Crippen LogP contribution in [0, 0.1) is 6.92 Å². The van der Waals surface area contributed by atoms with Crippen LogP contribution in [0.2, 0.25) is 15.1 Å². The molecule has 1 aromatic carbocycles. The van der Waals surface area contributed by atoms with Gasteiger partial charge < -0.3 is 9.15 Å². The molecule has 1 aromatic heterocycles. The van der Waals surface area contributed by atoms with Gasteiger partial charge in [-0.15, -0.1) is 0 Å². The maximum atomic E-state index is 11.7. The number of rotatable bonds is 5. The van der Waals surface area contributed by atoms with E-state index >= 15 is 0 Å². The van der Waals surface area contributed by atoms with E-state index in [1.807, 2.05) is 0 Å². The standard InChI is InChI=1S/C14H10BrCl3N2O3/c1-7-10(15)4-9(23-7)5-19-20-13(21)6-22-14-11(17)2-8(16)3-12(14)18/h2-5H,6H2,1H3,(H,20,21). The minimum Gasteiger partial charge on any atom is -0.481 e. The predicted octanol–water partition coefficient (Wildman–Crippen LogP) is 4.84. The molecule has 9 heteroatoms. The average molecular weight is 441 g/mol. The monoisotopic (exact) mass is 438 g/mol. The van der Waals surface area contributed by atoms with Gasteiger partial charge in [0, 0.05) is 11.1 Å². The van der Waals surface area contributed by atoms with Crippen LogP contribution >= 0.6 is 50.7 Å². The first-order valence-electron chi connectivity index (χ1n) is 6.22. The topological polar surface area (TPSA) is 63.8 Å². The van der Waals surface area contributed by atoms with E-state index in [1.165, 1.54) is 18.3 Å². The molecule has 0 aliphatic heterocycles. The zero-order valence-electron chi connectivity index (χ0n) is 11.7. The van der Waals surface area contributed by atoms with Crippen molar-refractivity contribution in [1.82, 2.24) is 5.43 Å². The van der Waals surface area contributed by atoms with E-state index in [2.05, 4.69) is 26.5 Å². The van der Waals surface area contributed by atoms with Crippen molar-refractivity contribution in [3.8, 4) is 5.75 Å². The molecule has 0 saturated carbocycles. The fraction of sp³-hybridized carbons (Fsp3) is 0.143. The summed E-state index contributed by atoms with van der Waals surface area (Å²) in [4.78, 5) is 11.7. The number of benzene rings is 1. The normalized spacial score (nSPS) is 11.0. The average Bonchev–Trinajstić information content (AvgIpc) is 2.76. The van der Waals surface area contributed by atoms with E-state index in [9.17, 15) is 4.79 Å². The second-order valence-electron chi connectivity index (χ2n) is 4.33. The van der Waals surface area contributed by atoms with Crippen molar-refractivity contribution in [3.63, 3.8) is 0 Å². The molecule has 0 atom stereocenters. The van der Waals surface area contributed by atoms with Crippen molar-refractivity contribution in [1.29, 1.82) is 0 Å². The lowest BCUT2D eigenvalue weighted by molar-refractivity contribution is -0.123. The number of halogens is 4. The summed E-state index contributed by atoms with van der Waals surface area (Å²) in [5.41, 5.74) is 2.30. The molecule has 1 N–H and O–H groups in total. The minimum absolute atomic E-state index is 0.183. The Morgan fingerprint density at radius 1 is 1.35 bits per heavy atom. The van der Waals surface area contributed by atoms with Gasteiger partial charge in [0.15, 0.2) is 12.4 Å². The number of hydrogen-bond acceptors (Lipinski definition) is 4. The van der Waals surface area contributed by atoms with Crippen LogP contribution in [0.1, 0.15) is 11.5 Å². The molecule has 0 spiro atoms. The number of aryl methyl sites for hydroxylation is 1. The van der Waals surface area contributed by atoms with Crippen LogP contribution in [0.3, 0.4) is 0 Å². The first-order chi connectivity index (χ1) is 10.9. The third-order valence-electron chi connectivity index (χ3n) is 2.57. The van der Waals surface area contributed by atoms with Gasteiger partial charge in [-0.25, -0.2) is 5.43 Å². The fourth-order valence-electron chi connectivity index (χ4n) is 1.55. The molecule has 0 aliphatic carbocycles. The maximum absolute atomic E-state index is 11.7. The van der Waals surface area contributed by atoms with Crippen LogP contribution in [-0.4, -0.2) is 18.7 Å². The summed E-state index contributed by atoms with van der Waals surface area (Å²) in [6, 6.07) is 4.67. The number of nitrogens with one attached hydrogen (secondary N) is 1. The highest BCUT2D eigenvalue weighted by atomic mass is 79.9. The molecule has 5 nitrogen and oxygen atoms in total. The summed E-state index contributed by atoms with van der Waals surface area (Å²) >= 11 is 21.0. The van der Waals surface area contributed by atoms with Crippen LogP contribution in [-0.2, 0) is 4.79 Å². The summed E-state index contributed by atoms with van der Waals surface area (Å²) < 4.78 is 11.4. The number of ether oxygens (including phenoxy) is 1. The van der Waals surface area contributed by atoms with Gasteiger partial charge >= 0.3 is 0 Å². The summed E-state index contributed by atoms with van der Waals surface area (Å²) in [7, 11) is 0. The number of carbonyl (C=O) groups is 1. The van der Waals surface area contributed by atoms with Gasteiger partial charge in [-0.3, -0.25) is 4.79 Å². The molecule has 0 aliphatic rings. The van der Waals surface area contributed by atoms with Gasteiger partial charge in [0.05, 0.1) is 20.7 Å². The van der Waals surface area contributed by atoms with Gasteiger partial charge in [0.25, 0.3) is 5.91 Å². The molecule has 1 amide bonds. The Balaban J connectivity index is 1.88. The van der Waals surface area contributed by atoms with Crippen molar-refractivity contribution in [2.45, 2.75) is 6.92 Å². The van der Waals surface area contributed by atoms with Gasteiger partial charge in [-0.1, -0.05) is 34.8 Å². The second-order valence-corrected chi connectivity index (χ2v) is 6.44. The van der Waals surface area contributed by atoms with Crippen LogP contribution in [0.15, 0.2) is 32.2 Å². The molecule has 0 fully saturated rings. The molecule has 0 bridgehead atoms. The molecule has 2 rings (SSSR count). The molecular formula is C14H10BrCl3N2O3. The zero-order valence-corrected chi connectivity index (χ0v) is 15.6. The second kappa shape index (κ2) is 8.06. The molecule has 0 saturated heterocycles. The highest BCUT2D eigenvalue weighted by Gasteiger charge is 2.11. The van der Waals surface area contributed by atoms with Crippen molar-refractivity contribution in [2.24, 2.45) is 5.10 Å². The van der Waals surface area contributed by atoms with Crippen molar-refractivity contribution < 1.29 is 13.9 Å². The zero-order chi connectivity index (χ0) is 17.0. The number of furan rings is 1. The van der Waals surface area contributed by atoms with E-state index < -0.39 is 5.91 Å². The molecule has 23 heavy (non-hydrogen) atoms. The summed E-state index contributed by atoms with van der Waals surface area (Å²) in [5.74, 6) is 0.917. The quantitative estimate of drug-likeness (QED) is 0.535. The van der Waals surface area contributed by atoms with Gasteiger partial charge in [-0.2, -0.15) is 5.10 Å². The predicted molar refractivity (Wildman–Crippen MR) is 93.8 cm³/mol. The third kappa shape index (κ3) is 5.14. The summed E-state index contributed by atoms with van der Waals surface area (Å²) in [5, 5.41) is 4.57. The molecule has 2 aromatic rings. The summed E-state index contributed by atoms with van der Waals surface area (Å²) in [6.07, 6.45) is 1.37. The Morgan fingerprint density at radius 2 is 2.00 bits per heavy atom. The van der Waals surface area contributed by atoms with Crippen LogP contribution in [0.25, 0.3) is 0 Å². The first-order valence-corrected chi connectivity index (χ1v) is 8.14. The van der Waals surface area contributed by atoms with Gasteiger partial charge in [0.1, 0.15) is 11.5 Å². The number of amides is 1. The van der Waals surface area contributed by atoms with E-state index in [-0.39, 0.29) is 22.4 Å². The number of hydrogen-bond donors (Lipinski definition) is 1. The molecular weight excluding hydrogens is 430 g/mol. The van der Waals surface area contributed by atoms with Gasteiger partial charge in [0.2, 0.25) is 0 Å². The maximum Gasteiger partial charge on any atom is 0.277 e. The van der Waals surface area contributed by atoms with Gasteiger partial charge in [-0.05, 0) is 35.0 Å². The van der Waals surface area contributed by atoms with Crippen molar-refractivity contribution >= 4 is 62.9 Å². The minimum atomic E-state index is -0.481. The highest BCUT2D eigenvalue weighted by molar-refractivity contribution is 9.10. The highest BCUT2D eigenvalue weighted by Crippen LogP contribution is 2.35.